The molecule has 0 rings (SSSR count). The third-order valence-electron chi connectivity index (χ3n) is 0.967. The largest absolute Gasteiger partial charge is 0.759 e. The fourth-order valence-electron chi connectivity index (χ4n) is 0.458. The van der Waals surface area contributed by atoms with Crippen molar-refractivity contribution in [3.8, 4) is 0 Å². The lowest BCUT2D eigenvalue weighted by atomic mass is 10.6. The molecule has 0 spiro atoms. The van der Waals surface area contributed by atoms with Crippen molar-refractivity contribution >= 4 is 11.3 Å². The van der Waals surface area contributed by atoms with Gasteiger partial charge < -0.3 is 4.55 Å². The van der Waals surface area contributed by atoms with Crippen LogP contribution in [-0.2, 0) is 11.3 Å². The summed E-state index contributed by atoms with van der Waals surface area (Å²) < 4.78 is 19.9. The monoisotopic (exact) mass is 151 g/mol. The summed E-state index contributed by atoms with van der Waals surface area (Å²) in [5.41, 5.74) is 0. The molecule has 0 radical (unpaired) electrons. The second-order valence-electron chi connectivity index (χ2n) is 1.50. The van der Waals surface area contributed by atoms with Crippen LogP contribution in [0, 0.1) is 0 Å². The van der Waals surface area contributed by atoms with E-state index >= 15 is 0 Å². The number of hydrogen-bond acceptors (Lipinski definition) is 3. The Hall–Kier alpha value is 0.0300. The van der Waals surface area contributed by atoms with E-state index in [0.717, 1.165) is 0 Å². The van der Waals surface area contributed by atoms with Gasteiger partial charge in [-0.3, -0.25) is 4.21 Å². The van der Waals surface area contributed by atoms with E-state index in [4.69, 9.17) is 0 Å². The summed E-state index contributed by atoms with van der Waals surface area (Å²) in [6.07, 6.45) is 0. The van der Waals surface area contributed by atoms with Crippen molar-refractivity contribution in [1.82, 2.24) is 9.84 Å². The van der Waals surface area contributed by atoms with E-state index in [0.29, 0.717) is 13.1 Å². The van der Waals surface area contributed by atoms with Crippen LogP contribution < -0.4 is 4.83 Å². The molecule has 1 unspecified atom stereocenters. The Labute approximate surface area is 57.6 Å². The van der Waals surface area contributed by atoms with Crippen LogP contribution >= 0.6 is 0 Å². The fourth-order valence-corrected chi connectivity index (χ4v) is 0.927. The molecule has 0 amide bonds. The second-order valence-corrected chi connectivity index (χ2v) is 2.15. The first kappa shape index (κ1) is 9.03. The number of hydrazine groups is 1. The molecule has 0 aliphatic rings. The zero-order chi connectivity index (χ0) is 7.28. The molecule has 1 atom stereocenters. The van der Waals surface area contributed by atoms with E-state index in [9.17, 15) is 8.76 Å². The maximum Gasteiger partial charge on any atom is 0.0326 e. The van der Waals surface area contributed by atoms with Gasteiger partial charge in [0.1, 0.15) is 0 Å². The quantitative estimate of drug-likeness (QED) is 0.440. The van der Waals surface area contributed by atoms with Crippen molar-refractivity contribution in [3.05, 3.63) is 0 Å². The Kier molecular flexibility index (Phi) is 4.88. The van der Waals surface area contributed by atoms with E-state index in [2.05, 4.69) is 4.83 Å². The smallest absolute Gasteiger partial charge is 0.0326 e. The molecule has 0 heterocycles. The Morgan fingerprint density at radius 2 is 2.00 bits per heavy atom. The molecule has 0 fully saturated rings. The van der Waals surface area contributed by atoms with Gasteiger partial charge in [-0.2, -0.15) is 4.83 Å². The van der Waals surface area contributed by atoms with Crippen molar-refractivity contribution < 1.29 is 8.76 Å². The van der Waals surface area contributed by atoms with Crippen molar-refractivity contribution in [2.75, 3.05) is 13.1 Å². The molecule has 5 heteroatoms. The SMILES string of the molecule is CCN(CC)NS(=O)[O-]. The lowest BCUT2D eigenvalue weighted by molar-refractivity contribution is 0.263. The van der Waals surface area contributed by atoms with Gasteiger partial charge in [0.25, 0.3) is 0 Å². The van der Waals surface area contributed by atoms with Crippen LogP contribution in [0.25, 0.3) is 0 Å². The van der Waals surface area contributed by atoms with Crippen molar-refractivity contribution in [3.63, 3.8) is 0 Å². The fraction of sp³-hybridized carbons (Fsp3) is 1.00. The summed E-state index contributed by atoms with van der Waals surface area (Å²) in [6, 6.07) is 0. The van der Waals surface area contributed by atoms with Crippen LogP contribution in [0.5, 0.6) is 0 Å². The predicted octanol–water partition coefficient (Wildman–Crippen LogP) is -0.373. The highest BCUT2D eigenvalue weighted by molar-refractivity contribution is 7.76. The van der Waals surface area contributed by atoms with Gasteiger partial charge in [-0.1, -0.05) is 13.8 Å². The summed E-state index contributed by atoms with van der Waals surface area (Å²) in [5, 5.41) is 1.59. The lowest BCUT2D eigenvalue weighted by Crippen LogP contribution is -2.38. The van der Waals surface area contributed by atoms with Crippen LogP contribution in [0.15, 0.2) is 0 Å². The molecule has 4 nitrogen and oxygen atoms in total. The number of hydrogen-bond donors (Lipinski definition) is 1. The Morgan fingerprint density at radius 3 is 2.11 bits per heavy atom. The van der Waals surface area contributed by atoms with Crippen molar-refractivity contribution in [2.45, 2.75) is 13.8 Å². The van der Waals surface area contributed by atoms with Gasteiger partial charge in [0.05, 0.1) is 0 Å². The van der Waals surface area contributed by atoms with Gasteiger partial charge in [-0.25, -0.2) is 5.01 Å². The van der Waals surface area contributed by atoms with Gasteiger partial charge in [0.2, 0.25) is 0 Å². The molecule has 0 aliphatic heterocycles. The zero-order valence-electron chi connectivity index (χ0n) is 5.59. The molecule has 0 aromatic rings. The standard InChI is InChI=1S/C4H12N2O2S/c1-3-6(4-2)5-9(7)8/h5H,3-4H2,1-2H3,(H,7,8)/p-1. The summed E-state index contributed by atoms with van der Waals surface area (Å²) >= 11 is -2.17. The number of rotatable bonds is 4. The molecular weight excluding hydrogens is 140 g/mol. The minimum Gasteiger partial charge on any atom is -0.759 e. The average Bonchev–Trinajstić information content (AvgIpc) is 1.82. The highest BCUT2D eigenvalue weighted by Crippen LogP contribution is 1.78. The minimum absolute atomic E-state index is 0.685. The summed E-state index contributed by atoms with van der Waals surface area (Å²) in [6.45, 7) is 5.13. The summed E-state index contributed by atoms with van der Waals surface area (Å²) in [5.74, 6) is 0. The average molecular weight is 151 g/mol. The van der Waals surface area contributed by atoms with Crippen LogP contribution in [-0.4, -0.2) is 26.9 Å². The lowest BCUT2D eigenvalue weighted by Gasteiger charge is -2.20. The van der Waals surface area contributed by atoms with Crippen LogP contribution in [0.2, 0.25) is 0 Å². The first-order valence-electron chi connectivity index (χ1n) is 2.81. The van der Waals surface area contributed by atoms with Gasteiger partial charge in [0.15, 0.2) is 0 Å². The van der Waals surface area contributed by atoms with E-state index in [-0.39, 0.29) is 0 Å². The van der Waals surface area contributed by atoms with E-state index in [1.165, 1.54) is 0 Å². The predicted molar refractivity (Wildman–Crippen MR) is 35.0 cm³/mol. The van der Waals surface area contributed by atoms with Gasteiger partial charge in [-0.15, -0.1) is 0 Å². The highest BCUT2D eigenvalue weighted by Gasteiger charge is 1.93. The third-order valence-corrected chi connectivity index (χ3v) is 1.37. The Bertz CT molecular complexity index is 94.6. The molecular formula is C4H11N2O2S-. The second kappa shape index (κ2) is 4.87. The molecule has 0 bridgehead atoms. The molecule has 0 saturated carbocycles. The van der Waals surface area contributed by atoms with Crippen molar-refractivity contribution in [1.29, 1.82) is 0 Å². The zero-order valence-corrected chi connectivity index (χ0v) is 6.40. The molecule has 56 valence electrons. The molecule has 0 aromatic carbocycles. The first-order chi connectivity index (χ1) is 4.20. The van der Waals surface area contributed by atoms with Gasteiger partial charge >= 0.3 is 0 Å². The Morgan fingerprint density at radius 1 is 1.56 bits per heavy atom. The maximum atomic E-state index is 9.97. The molecule has 0 aromatic heterocycles. The van der Waals surface area contributed by atoms with Gasteiger partial charge in [-0.05, 0) is 0 Å². The topological polar surface area (TPSA) is 55.4 Å². The first-order valence-corrected chi connectivity index (χ1v) is 3.88. The van der Waals surface area contributed by atoms with Gasteiger partial charge in [0, 0.05) is 24.4 Å². The minimum atomic E-state index is -2.17. The van der Waals surface area contributed by atoms with Crippen LogP contribution in [0.4, 0.5) is 0 Å². The summed E-state index contributed by atoms with van der Waals surface area (Å²) in [4.78, 5) is 2.23. The maximum absolute atomic E-state index is 9.97. The summed E-state index contributed by atoms with van der Waals surface area (Å²) in [7, 11) is 0. The highest BCUT2D eigenvalue weighted by atomic mass is 32.2. The molecule has 0 aliphatic carbocycles. The van der Waals surface area contributed by atoms with Crippen LogP contribution in [0.1, 0.15) is 13.8 Å². The van der Waals surface area contributed by atoms with Crippen molar-refractivity contribution in [2.24, 2.45) is 0 Å². The molecule has 1 N–H and O–H groups in total. The number of nitrogens with one attached hydrogen (secondary N) is 1. The Balaban J connectivity index is 3.43. The molecule has 0 saturated heterocycles. The third kappa shape index (κ3) is 4.53. The van der Waals surface area contributed by atoms with Crippen LogP contribution in [0.3, 0.4) is 0 Å². The van der Waals surface area contributed by atoms with E-state index in [1.54, 1.807) is 5.01 Å². The molecule has 9 heavy (non-hydrogen) atoms. The normalized spacial score (nSPS) is 14.2. The number of nitrogens with zero attached hydrogens (tertiary/aromatic N) is 1. The van der Waals surface area contributed by atoms with E-state index in [1.807, 2.05) is 13.8 Å². The van der Waals surface area contributed by atoms with E-state index < -0.39 is 11.3 Å².